The number of H-pyrrole nitrogens is 1. The Bertz CT molecular complexity index is 567. The number of anilines is 1. The molecule has 96 valence electrons. The van der Waals surface area contributed by atoms with Crippen LogP contribution in [-0.4, -0.2) is 28.5 Å². The summed E-state index contributed by atoms with van der Waals surface area (Å²) in [7, 11) is 0. The minimum atomic E-state index is -0.0905. The van der Waals surface area contributed by atoms with E-state index < -0.39 is 0 Å². The molecule has 1 aromatic carbocycles. The summed E-state index contributed by atoms with van der Waals surface area (Å²) < 4.78 is 0. The molecule has 0 bridgehead atoms. The third-order valence-electron chi connectivity index (χ3n) is 2.68. The molecule has 0 aliphatic rings. The number of benzene rings is 1. The van der Waals surface area contributed by atoms with Crippen molar-refractivity contribution in [2.24, 2.45) is 0 Å². The van der Waals surface area contributed by atoms with Gasteiger partial charge in [0, 0.05) is 6.54 Å². The number of rotatable bonds is 6. The second kappa shape index (κ2) is 6.44. The highest BCUT2D eigenvalue weighted by atomic mass is 32.2. The first kappa shape index (κ1) is 13.0. The lowest BCUT2D eigenvalue weighted by atomic mass is 10.2. The molecule has 2 N–H and O–H groups in total. The summed E-state index contributed by atoms with van der Waals surface area (Å²) in [6.45, 7) is 0.835. The fraction of sp³-hybridized carbons (Fsp3) is 0.385. The molecule has 0 saturated heterocycles. The summed E-state index contributed by atoms with van der Waals surface area (Å²) in [5.41, 5.74) is 0.639. The van der Waals surface area contributed by atoms with E-state index >= 15 is 0 Å². The van der Waals surface area contributed by atoms with Gasteiger partial charge >= 0.3 is 0 Å². The lowest BCUT2D eigenvalue weighted by Crippen LogP contribution is -2.14. The average Bonchev–Trinajstić information content (AvgIpc) is 2.39. The molecular weight excluding hydrogens is 246 g/mol. The second-order valence-corrected chi connectivity index (χ2v) is 5.04. The van der Waals surface area contributed by atoms with Gasteiger partial charge in [-0.25, -0.2) is 4.98 Å². The number of para-hydroxylation sites is 1. The van der Waals surface area contributed by atoms with Crippen LogP contribution in [0.4, 0.5) is 5.95 Å². The van der Waals surface area contributed by atoms with Gasteiger partial charge in [0.1, 0.15) is 0 Å². The Kier molecular flexibility index (Phi) is 4.64. The van der Waals surface area contributed by atoms with Crippen molar-refractivity contribution in [1.82, 2.24) is 9.97 Å². The molecule has 2 rings (SSSR count). The van der Waals surface area contributed by atoms with E-state index in [-0.39, 0.29) is 5.56 Å². The average molecular weight is 263 g/mol. The molecule has 1 heterocycles. The molecular formula is C13H17N3OS. The zero-order valence-electron chi connectivity index (χ0n) is 10.4. The Hall–Kier alpha value is -1.49. The highest BCUT2D eigenvalue weighted by Gasteiger charge is 2.01. The van der Waals surface area contributed by atoms with Gasteiger partial charge in [-0.2, -0.15) is 11.8 Å². The second-order valence-electron chi connectivity index (χ2n) is 4.06. The molecule has 1 aromatic heterocycles. The zero-order chi connectivity index (χ0) is 12.8. The largest absolute Gasteiger partial charge is 0.356 e. The van der Waals surface area contributed by atoms with Crippen molar-refractivity contribution < 1.29 is 0 Å². The molecule has 18 heavy (non-hydrogen) atoms. The van der Waals surface area contributed by atoms with Crippen LogP contribution in [-0.2, 0) is 0 Å². The molecule has 0 amide bonds. The predicted octanol–water partition coefficient (Wildman–Crippen LogP) is 2.48. The number of hydrogen-bond acceptors (Lipinski definition) is 4. The van der Waals surface area contributed by atoms with E-state index in [2.05, 4.69) is 21.5 Å². The Labute approximate surface area is 110 Å². The molecule has 4 nitrogen and oxygen atoms in total. The number of thioether (sulfide) groups is 1. The fourth-order valence-electron chi connectivity index (χ4n) is 1.75. The normalized spacial score (nSPS) is 10.7. The summed E-state index contributed by atoms with van der Waals surface area (Å²) in [6.07, 6.45) is 4.36. The first-order chi connectivity index (χ1) is 8.81. The smallest absolute Gasteiger partial charge is 0.260 e. The summed E-state index contributed by atoms with van der Waals surface area (Å²) >= 11 is 1.85. The highest BCUT2D eigenvalue weighted by Crippen LogP contribution is 2.08. The maximum atomic E-state index is 11.8. The van der Waals surface area contributed by atoms with Crippen LogP contribution in [0.5, 0.6) is 0 Å². The molecule has 0 fully saturated rings. The van der Waals surface area contributed by atoms with Crippen LogP contribution < -0.4 is 10.9 Å². The monoisotopic (exact) mass is 263 g/mol. The lowest BCUT2D eigenvalue weighted by molar-refractivity contribution is 0.835. The number of aromatic amines is 1. The predicted molar refractivity (Wildman–Crippen MR) is 78.5 cm³/mol. The molecule has 0 spiro atoms. The minimum Gasteiger partial charge on any atom is -0.356 e. The highest BCUT2D eigenvalue weighted by molar-refractivity contribution is 7.98. The topological polar surface area (TPSA) is 57.8 Å². The van der Waals surface area contributed by atoms with Crippen molar-refractivity contribution in [3.63, 3.8) is 0 Å². The standard InChI is InChI=1S/C13H17N3OS/c1-18-9-5-4-8-14-13-15-11-7-3-2-6-10(11)12(17)16-13/h2-3,6-7H,4-5,8-9H2,1H3,(H2,14,15,16,17). The van der Waals surface area contributed by atoms with Gasteiger partial charge in [0.25, 0.3) is 5.56 Å². The molecule has 0 aliphatic heterocycles. The van der Waals surface area contributed by atoms with Gasteiger partial charge < -0.3 is 5.32 Å². The third kappa shape index (κ3) is 3.26. The minimum absolute atomic E-state index is 0.0905. The quantitative estimate of drug-likeness (QED) is 0.786. The van der Waals surface area contributed by atoms with E-state index in [0.717, 1.165) is 18.5 Å². The van der Waals surface area contributed by atoms with E-state index in [1.807, 2.05) is 30.0 Å². The number of fused-ring (bicyclic) bond motifs is 1. The maximum Gasteiger partial charge on any atom is 0.260 e. The Morgan fingerprint density at radius 3 is 3.00 bits per heavy atom. The summed E-state index contributed by atoms with van der Waals surface area (Å²) in [4.78, 5) is 18.9. The van der Waals surface area contributed by atoms with E-state index in [1.54, 1.807) is 6.07 Å². The Balaban J connectivity index is 2.03. The molecule has 0 radical (unpaired) electrons. The van der Waals surface area contributed by atoms with Crippen LogP contribution in [0.25, 0.3) is 10.9 Å². The first-order valence-electron chi connectivity index (χ1n) is 6.03. The van der Waals surface area contributed by atoms with Gasteiger partial charge in [-0.05, 0) is 37.0 Å². The van der Waals surface area contributed by atoms with Gasteiger partial charge in [-0.3, -0.25) is 9.78 Å². The van der Waals surface area contributed by atoms with Crippen molar-refractivity contribution in [3.05, 3.63) is 34.6 Å². The van der Waals surface area contributed by atoms with Crippen molar-refractivity contribution in [3.8, 4) is 0 Å². The number of hydrogen-bond donors (Lipinski definition) is 2. The fourth-order valence-corrected chi connectivity index (χ4v) is 2.24. The molecule has 0 saturated carbocycles. The number of unbranched alkanes of at least 4 members (excludes halogenated alkanes) is 1. The molecule has 0 unspecified atom stereocenters. The SMILES string of the molecule is CSCCCCNc1nc2ccccc2c(=O)[nH]1. The molecule has 2 aromatic rings. The summed E-state index contributed by atoms with van der Waals surface area (Å²) in [6, 6.07) is 7.36. The molecule has 5 heteroatoms. The van der Waals surface area contributed by atoms with E-state index in [4.69, 9.17) is 0 Å². The van der Waals surface area contributed by atoms with E-state index in [0.29, 0.717) is 11.3 Å². The summed E-state index contributed by atoms with van der Waals surface area (Å²) in [5, 5.41) is 3.79. The molecule has 0 aliphatic carbocycles. The summed E-state index contributed by atoms with van der Waals surface area (Å²) in [5.74, 6) is 1.73. The van der Waals surface area contributed by atoms with Crippen molar-refractivity contribution in [2.75, 3.05) is 23.9 Å². The first-order valence-corrected chi connectivity index (χ1v) is 7.42. The molecule has 0 atom stereocenters. The Morgan fingerprint density at radius 2 is 2.17 bits per heavy atom. The van der Waals surface area contributed by atoms with Gasteiger partial charge in [-0.15, -0.1) is 0 Å². The number of nitrogens with one attached hydrogen (secondary N) is 2. The van der Waals surface area contributed by atoms with Crippen LogP contribution in [0.3, 0.4) is 0 Å². The third-order valence-corrected chi connectivity index (χ3v) is 3.38. The van der Waals surface area contributed by atoms with Crippen molar-refractivity contribution in [1.29, 1.82) is 0 Å². The van der Waals surface area contributed by atoms with E-state index in [9.17, 15) is 4.79 Å². The van der Waals surface area contributed by atoms with Crippen LogP contribution >= 0.6 is 11.8 Å². The number of aromatic nitrogens is 2. The van der Waals surface area contributed by atoms with Gasteiger partial charge in [0.2, 0.25) is 5.95 Å². The van der Waals surface area contributed by atoms with Gasteiger partial charge in [0.15, 0.2) is 0 Å². The zero-order valence-corrected chi connectivity index (χ0v) is 11.2. The van der Waals surface area contributed by atoms with Crippen LogP contribution in [0, 0.1) is 0 Å². The van der Waals surface area contributed by atoms with Gasteiger partial charge in [0.05, 0.1) is 10.9 Å². The van der Waals surface area contributed by atoms with Crippen LogP contribution in [0.2, 0.25) is 0 Å². The van der Waals surface area contributed by atoms with Crippen LogP contribution in [0.1, 0.15) is 12.8 Å². The lowest BCUT2D eigenvalue weighted by Gasteiger charge is -2.05. The Morgan fingerprint density at radius 1 is 1.33 bits per heavy atom. The van der Waals surface area contributed by atoms with Crippen molar-refractivity contribution in [2.45, 2.75) is 12.8 Å². The van der Waals surface area contributed by atoms with Gasteiger partial charge in [-0.1, -0.05) is 12.1 Å². The number of nitrogens with zero attached hydrogens (tertiary/aromatic N) is 1. The van der Waals surface area contributed by atoms with E-state index in [1.165, 1.54) is 12.2 Å². The van der Waals surface area contributed by atoms with Crippen molar-refractivity contribution >= 4 is 28.6 Å². The van der Waals surface area contributed by atoms with Crippen LogP contribution in [0.15, 0.2) is 29.1 Å². The maximum absolute atomic E-state index is 11.8.